The van der Waals surface area contributed by atoms with Gasteiger partial charge in [-0.25, -0.2) is 4.39 Å². The van der Waals surface area contributed by atoms with E-state index in [0.29, 0.717) is 24.4 Å². The van der Waals surface area contributed by atoms with Crippen LogP contribution in [0.25, 0.3) is 0 Å². The molecule has 0 bridgehead atoms. The van der Waals surface area contributed by atoms with Crippen molar-refractivity contribution in [3.8, 4) is 17.2 Å². The summed E-state index contributed by atoms with van der Waals surface area (Å²) in [6, 6.07) is 7.81. The molecule has 1 aliphatic rings. The first-order chi connectivity index (χ1) is 13.5. The zero-order chi connectivity index (χ0) is 20.3. The second-order valence-corrected chi connectivity index (χ2v) is 6.13. The van der Waals surface area contributed by atoms with E-state index in [2.05, 4.69) is 5.32 Å². The summed E-state index contributed by atoms with van der Waals surface area (Å²) in [5.74, 6) is -0.222. The monoisotopic (exact) mass is 388 g/mol. The lowest BCUT2D eigenvalue weighted by atomic mass is 10.0. The SMILES string of the molecule is COc1ccc(C(=O)N2CCNC(=O)[C@@H]2c2ccc(F)cc2)c(OC)c1OC. The number of carbonyl (C=O) groups is 2. The highest BCUT2D eigenvalue weighted by Gasteiger charge is 2.36. The molecule has 1 fully saturated rings. The van der Waals surface area contributed by atoms with Gasteiger partial charge < -0.3 is 24.4 Å². The molecular formula is C20H21FN2O5. The molecule has 0 saturated carbocycles. The third-order valence-electron chi connectivity index (χ3n) is 4.59. The lowest BCUT2D eigenvalue weighted by molar-refractivity contribution is -0.128. The largest absolute Gasteiger partial charge is 0.493 e. The van der Waals surface area contributed by atoms with Crippen molar-refractivity contribution in [2.45, 2.75) is 6.04 Å². The second kappa shape index (κ2) is 8.16. The molecule has 148 valence electrons. The molecule has 2 aromatic rings. The van der Waals surface area contributed by atoms with Gasteiger partial charge in [-0.2, -0.15) is 0 Å². The number of rotatable bonds is 5. The standard InChI is InChI=1S/C20H21FN2O5/c1-26-15-9-8-14(17(27-2)18(15)28-3)20(25)23-11-10-22-19(24)16(23)12-4-6-13(21)7-5-12/h4-9,16H,10-11H2,1-3H3,(H,22,24)/t16-/m0/s1. The Bertz CT molecular complexity index is 885. The lowest BCUT2D eigenvalue weighted by Gasteiger charge is -2.35. The van der Waals surface area contributed by atoms with Crippen molar-refractivity contribution in [1.82, 2.24) is 10.2 Å². The van der Waals surface area contributed by atoms with Crippen LogP contribution in [0.2, 0.25) is 0 Å². The fraction of sp³-hybridized carbons (Fsp3) is 0.300. The number of carbonyl (C=O) groups excluding carboxylic acids is 2. The van der Waals surface area contributed by atoms with Gasteiger partial charge in [-0.15, -0.1) is 0 Å². The average molecular weight is 388 g/mol. The molecule has 0 radical (unpaired) electrons. The van der Waals surface area contributed by atoms with Gasteiger partial charge in [0.2, 0.25) is 11.7 Å². The number of methoxy groups -OCH3 is 3. The van der Waals surface area contributed by atoms with Crippen molar-refractivity contribution >= 4 is 11.8 Å². The van der Waals surface area contributed by atoms with Crippen molar-refractivity contribution in [2.75, 3.05) is 34.4 Å². The van der Waals surface area contributed by atoms with Gasteiger partial charge in [0.25, 0.3) is 5.91 Å². The molecule has 1 N–H and O–H groups in total. The Kier molecular flexibility index (Phi) is 5.67. The number of benzene rings is 2. The highest BCUT2D eigenvalue weighted by atomic mass is 19.1. The van der Waals surface area contributed by atoms with Crippen LogP contribution in [-0.2, 0) is 4.79 Å². The number of halogens is 1. The van der Waals surface area contributed by atoms with E-state index in [1.165, 1.54) is 50.5 Å². The number of hydrogen-bond acceptors (Lipinski definition) is 5. The Morgan fingerprint density at radius 3 is 2.32 bits per heavy atom. The van der Waals surface area contributed by atoms with Gasteiger partial charge in [0.05, 0.1) is 26.9 Å². The molecule has 1 aliphatic heterocycles. The summed E-state index contributed by atoms with van der Waals surface area (Å²) < 4.78 is 29.3. The molecule has 2 aromatic carbocycles. The molecule has 0 aliphatic carbocycles. The zero-order valence-electron chi connectivity index (χ0n) is 15.8. The maximum Gasteiger partial charge on any atom is 0.258 e. The zero-order valence-corrected chi connectivity index (χ0v) is 15.8. The Labute approximate surface area is 162 Å². The van der Waals surface area contributed by atoms with Gasteiger partial charge in [-0.05, 0) is 29.8 Å². The number of nitrogens with zero attached hydrogens (tertiary/aromatic N) is 1. The average Bonchev–Trinajstić information content (AvgIpc) is 2.72. The van der Waals surface area contributed by atoms with Crippen LogP contribution in [-0.4, -0.2) is 51.1 Å². The van der Waals surface area contributed by atoms with E-state index < -0.39 is 17.8 Å². The molecule has 1 heterocycles. The smallest absolute Gasteiger partial charge is 0.258 e. The van der Waals surface area contributed by atoms with E-state index in [0.717, 1.165) is 0 Å². The Morgan fingerprint density at radius 1 is 1.04 bits per heavy atom. The van der Waals surface area contributed by atoms with Crippen LogP contribution < -0.4 is 19.5 Å². The summed E-state index contributed by atoms with van der Waals surface area (Å²) in [5.41, 5.74) is 0.758. The molecule has 1 saturated heterocycles. The lowest BCUT2D eigenvalue weighted by Crippen LogP contribution is -2.52. The predicted molar refractivity (Wildman–Crippen MR) is 99.3 cm³/mol. The fourth-order valence-electron chi connectivity index (χ4n) is 3.29. The quantitative estimate of drug-likeness (QED) is 0.850. The summed E-state index contributed by atoms with van der Waals surface area (Å²) >= 11 is 0. The van der Waals surface area contributed by atoms with Crippen LogP contribution in [0.4, 0.5) is 4.39 Å². The fourth-order valence-corrected chi connectivity index (χ4v) is 3.29. The number of piperazine rings is 1. The van der Waals surface area contributed by atoms with E-state index >= 15 is 0 Å². The minimum atomic E-state index is -0.875. The summed E-state index contributed by atoms with van der Waals surface area (Å²) in [4.78, 5) is 27.3. The van der Waals surface area contributed by atoms with Gasteiger partial charge in [0.1, 0.15) is 11.9 Å². The van der Waals surface area contributed by atoms with Crippen LogP contribution in [0.15, 0.2) is 36.4 Å². The van der Waals surface area contributed by atoms with E-state index in [9.17, 15) is 14.0 Å². The predicted octanol–water partition coefficient (Wildman–Crippen LogP) is 2.16. The van der Waals surface area contributed by atoms with E-state index in [1.54, 1.807) is 12.1 Å². The van der Waals surface area contributed by atoms with Crippen LogP contribution in [0.5, 0.6) is 17.2 Å². The van der Waals surface area contributed by atoms with Crippen molar-refractivity contribution < 1.29 is 28.2 Å². The highest BCUT2D eigenvalue weighted by molar-refractivity contribution is 6.01. The molecule has 28 heavy (non-hydrogen) atoms. The molecule has 2 amide bonds. The van der Waals surface area contributed by atoms with Crippen LogP contribution in [0.3, 0.4) is 0 Å². The van der Waals surface area contributed by atoms with Gasteiger partial charge in [-0.3, -0.25) is 9.59 Å². The third-order valence-corrected chi connectivity index (χ3v) is 4.59. The number of hydrogen-bond donors (Lipinski definition) is 1. The maximum absolute atomic E-state index is 13.3. The highest BCUT2D eigenvalue weighted by Crippen LogP contribution is 2.41. The Balaban J connectivity index is 2.04. The van der Waals surface area contributed by atoms with E-state index in [1.807, 2.05) is 0 Å². The number of nitrogens with one attached hydrogen (secondary N) is 1. The summed E-state index contributed by atoms with van der Waals surface area (Å²) in [5, 5.41) is 2.75. The van der Waals surface area contributed by atoms with Crippen molar-refractivity contribution in [2.24, 2.45) is 0 Å². The molecule has 0 unspecified atom stereocenters. The molecule has 0 aromatic heterocycles. The second-order valence-electron chi connectivity index (χ2n) is 6.13. The van der Waals surface area contributed by atoms with Crippen molar-refractivity contribution in [1.29, 1.82) is 0 Å². The van der Waals surface area contributed by atoms with Crippen molar-refractivity contribution in [3.05, 3.63) is 53.3 Å². The Morgan fingerprint density at radius 2 is 1.71 bits per heavy atom. The molecule has 8 heteroatoms. The first kappa shape index (κ1) is 19.5. The number of ether oxygens (including phenoxy) is 3. The van der Waals surface area contributed by atoms with E-state index in [-0.39, 0.29) is 23.0 Å². The molecule has 3 rings (SSSR count). The van der Waals surface area contributed by atoms with Crippen LogP contribution in [0, 0.1) is 5.82 Å². The van der Waals surface area contributed by atoms with Gasteiger partial charge in [0, 0.05) is 13.1 Å². The van der Waals surface area contributed by atoms with Crippen LogP contribution >= 0.6 is 0 Å². The van der Waals surface area contributed by atoms with Gasteiger partial charge in [-0.1, -0.05) is 12.1 Å². The van der Waals surface area contributed by atoms with E-state index in [4.69, 9.17) is 14.2 Å². The minimum absolute atomic E-state index is 0.218. The Hall–Kier alpha value is -3.29. The first-order valence-electron chi connectivity index (χ1n) is 8.65. The summed E-state index contributed by atoms with van der Waals surface area (Å²) in [7, 11) is 4.36. The number of amides is 2. The minimum Gasteiger partial charge on any atom is -0.493 e. The first-order valence-corrected chi connectivity index (χ1v) is 8.65. The topological polar surface area (TPSA) is 77.1 Å². The molecular weight excluding hydrogens is 367 g/mol. The summed E-state index contributed by atoms with van der Waals surface area (Å²) in [6.45, 7) is 0.613. The van der Waals surface area contributed by atoms with Crippen molar-refractivity contribution in [3.63, 3.8) is 0 Å². The molecule has 1 atom stereocenters. The van der Waals surface area contributed by atoms with Gasteiger partial charge >= 0.3 is 0 Å². The normalized spacial score (nSPS) is 16.4. The summed E-state index contributed by atoms with van der Waals surface area (Å²) in [6.07, 6.45) is 0. The third kappa shape index (κ3) is 3.45. The van der Waals surface area contributed by atoms with Crippen LogP contribution in [0.1, 0.15) is 22.0 Å². The maximum atomic E-state index is 13.3. The molecule has 0 spiro atoms. The molecule has 7 nitrogen and oxygen atoms in total. The van der Waals surface area contributed by atoms with Gasteiger partial charge in [0.15, 0.2) is 11.5 Å².